The number of aliphatic carboxylic acids is 1. The van der Waals surface area contributed by atoms with E-state index < -0.39 is 23.8 Å². The molecular formula is C20H15NO6S2. The summed E-state index contributed by atoms with van der Waals surface area (Å²) in [5.74, 6) is -2.63. The number of benzene rings is 1. The van der Waals surface area contributed by atoms with E-state index in [-0.39, 0.29) is 24.0 Å². The number of carbonyl (C=O) groups excluding carboxylic acids is 3. The SMILES string of the molecule is O=C(Cc1ccsc1)ON1C(=O)c2ccccc2C1=O.O=C(O)Cc1ccsc1. The molecule has 1 aromatic carbocycles. The summed E-state index contributed by atoms with van der Waals surface area (Å²) >= 11 is 2.98. The number of carbonyl (C=O) groups is 4. The van der Waals surface area contributed by atoms with Gasteiger partial charge in [-0.1, -0.05) is 17.2 Å². The van der Waals surface area contributed by atoms with Crippen molar-refractivity contribution in [3.05, 3.63) is 80.2 Å². The molecule has 148 valence electrons. The zero-order valence-electron chi connectivity index (χ0n) is 14.9. The third kappa shape index (κ3) is 5.15. The van der Waals surface area contributed by atoms with E-state index in [2.05, 4.69) is 0 Å². The lowest BCUT2D eigenvalue weighted by Gasteiger charge is -2.12. The molecule has 0 unspecified atom stereocenters. The van der Waals surface area contributed by atoms with Crippen LogP contribution in [0.4, 0.5) is 0 Å². The molecule has 9 heteroatoms. The summed E-state index contributed by atoms with van der Waals surface area (Å²) in [6.45, 7) is 0. The summed E-state index contributed by atoms with van der Waals surface area (Å²) in [5, 5.41) is 16.2. The Morgan fingerprint density at radius 3 is 1.83 bits per heavy atom. The summed E-state index contributed by atoms with van der Waals surface area (Å²) in [4.78, 5) is 50.7. The molecule has 1 aliphatic rings. The van der Waals surface area contributed by atoms with Gasteiger partial charge < -0.3 is 9.94 Å². The number of hydrogen-bond donors (Lipinski definition) is 1. The number of rotatable bonds is 5. The lowest BCUT2D eigenvalue weighted by Crippen LogP contribution is -2.33. The van der Waals surface area contributed by atoms with Gasteiger partial charge in [-0.05, 0) is 56.9 Å². The van der Waals surface area contributed by atoms with E-state index in [1.165, 1.54) is 34.8 Å². The Morgan fingerprint density at radius 1 is 0.862 bits per heavy atom. The van der Waals surface area contributed by atoms with Gasteiger partial charge in [0.1, 0.15) is 0 Å². The van der Waals surface area contributed by atoms with Gasteiger partial charge in [-0.15, -0.1) is 0 Å². The van der Waals surface area contributed by atoms with Crippen LogP contribution in [0.15, 0.2) is 57.9 Å². The molecule has 0 aliphatic carbocycles. The molecule has 3 heterocycles. The molecule has 0 saturated carbocycles. The predicted octanol–water partition coefficient (Wildman–Crippen LogP) is 3.42. The van der Waals surface area contributed by atoms with Crippen molar-refractivity contribution in [2.24, 2.45) is 0 Å². The Morgan fingerprint density at radius 2 is 1.38 bits per heavy atom. The molecule has 0 spiro atoms. The molecule has 7 nitrogen and oxygen atoms in total. The van der Waals surface area contributed by atoms with Gasteiger partial charge in [0, 0.05) is 0 Å². The van der Waals surface area contributed by atoms with Crippen LogP contribution in [0.25, 0.3) is 0 Å². The molecule has 0 radical (unpaired) electrons. The predicted molar refractivity (Wildman–Crippen MR) is 107 cm³/mol. The second kappa shape index (κ2) is 9.26. The smallest absolute Gasteiger partial charge is 0.337 e. The Bertz CT molecular complexity index is 992. The van der Waals surface area contributed by atoms with Crippen molar-refractivity contribution in [2.75, 3.05) is 0 Å². The first-order chi connectivity index (χ1) is 14.0. The number of carboxylic acid groups (broad SMARTS) is 1. The molecule has 1 N–H and O–H groups in total. The number of hydroxylamine groups is 2. The van der Waals surface area contributed by atoms with Crippen LogP contribution >= 0.6 is 22.7 Å². The van der Waals surface area contributed by atoms with Crippen molar-refractivity contribution < 1.29 is 29.1 Å². The normalized spacial score (nSPS) is 12.2. The fourth-order valence-corrected chi connectivity index (χ4v) is 3.85. The molecule has 4 rings (SSSR count). The molecule has 0 atom stereocenters. The number of amides is 2. The molecule has 1 aliphatic heterocycles. The number of fused-ring (bicyclic) bond motifs is 1. The van der Waals surface area contributed by atoms with Crippen LogP contribution in [0.3, 0.4) is 0 Å². The van der Waals surface area contributed by atoms with E-state index in [0.29, 0.717) is 5.06 Å². The third-order valence-corrected chi connectivity index (χ3v) is 5.28. The van der Waals surface area contributed by atoms with Crippen LogP contribution in [0.2, 0.25) is 0 Å². The van der Waals surface area contributed by atoms with Crippen molar-refractivity contribution in [1.82, 2.24) is 5.06 Å². The second-order valence-electron chi connectivity index (χ2n) is 5.92. The Hall–Kier alpha value is -3.30. The molecule has 2 aromatic heterocycles. The molecule has 0 saturated heterocycles. The summed E-state index contributed by atoms with van der Waals surface area (Å²) in [6, 6.07) is 9.97. The standard InChI is InChI=1S/C14H9NO4S.C6H6O2S/c16-12(7-9-5-6-20-8-9)19-15-13(17)10-3-1-2-4-11(10)14(15)18;7-6(8)3-5-1-2-9-4-5/h1-6,8H,7H2;1-2,4H,3H2,(H,7,8). The number of imide groups is 1. The van der Waals surface area contributed by atoms with Gasteiger partial charge in [0.15, 0.2) is 0 Å². The Kier molecular flexibility index (Phi) is 6.53. The number of carboxylic acids is 1. The van der Waals surface area contributed by atoms with Crippen LogP contribution in [-0.4, -0.2) is 33.9 Å². The van der Waals surface area contributed by atoms with Crippen LogP contribution in [0, 0.1) is 0 Å². The van der Waals surface area contributed by atoms with Gasteiger partial charge in [-0.2, -0.15) is 22.7 Å². The van der Waals surface area contributed by atoms with Crippen LogP contribution in [0.1, 0.15) is 31.8 Å². The minimum atomic E-state index is -0.770. The van der Waals surface area contributed by atoms with Gasteiger partial charge >= 0.3 is 11.9 Å². The molecule has 0 bridgehead atoms. The van der Waals surface area contributed by atoms with Crippen molar-refractivity contribution in [3.63, 3.8) is 0 Å². The van der Waals surface area contributed by atoms with E-state index in [4.69, 9.17) is 9.94 Å². The topological polar surface area (TPSA) is 101 Å². The zero-order chi connectivity index (χ0) is 20.8. The zero-order valence-corrected chi connectivity index (χ0v) is 16.6. The van der Waals surface area contributed by atoms with Crippen molar-refractivity contribution in [1.29, 1.82) is 0 Å². The second-order valence-corrected chi connectivity index (χ2v) is 7.48. The van der Waals surface area contributed by atoms with E-state index in [1.54, 1.807) is 18.2 Å². The van der Waals surface area contributed by atoms with Crippen LogP contribution in [-0.2, 0) is 27.3 Å². The van der Waals surface area contributed by atoms with E-state index in [1.807, 2.05) is 27.6 Å². The highest BCUT2D eigenvalue weighted by Gasteiger charge is 2.38. The van der Waals surface area contributed by atoms with Crippen molar-refractivity contribution in [2.45, 2.75) is 12.8 Å². The van der Waals surface area contributed by atoms with Gasteiger partial charge in [0.2, 0.25) is 0 Å². The molecule has 2 amide bonds. The fourth-order valence-electron chi connectivity index (χ4n) is 2.51. The van der Waals surface area contributed by atoms with E-state index in [0.717, 1.165) is 11.1 Å². The minimum Gasteiger partial charge on any atom is -0.481 e. The Balaban J connectivity index is 0.000000224. The number of thiophene rings is 2. The van der Waals surface area contributed by atoms with Gasteiger partial charge in [0.25, 0.3) is 11.8 Å². The summed E-state index contributed by atoms with van der Waals surface area (Å²) in [6.07, 6.45) is 0.167. The third-order valence-electron chi connectivity index (χ3n) is 3.81. The number of nitrogens with zero attached hydrogens (tertiary/aromatic N) is 1. The summed E-state index contributed by atoms with van der Waals surface area (Å²) in [5.41, 5.74) is 2.17. The Labute approximate surface area is 173 Å². The lowest BCUT2D eigenvalue weighted by atomic mass is 10.1. The first-order valence-corrected chi connectivity index (χ1v) is 10.3. The van der Waals surface area contributed by atoms with Crippen LogP contribution in [0.5, 0.6) is 0 Å². The molecule has 3 aromatic rings. The summed E-state index contributed by atoms with van der Waals surface area (Å²) in [7, 11) is 0. The fraction of sp³-hybridized carbons (Fsp3) is 0.100. The maximum absolute atomic E-state index is 12.0. The lowest BCUT2D eigenvalue weighted by molar-refractivity contribution is -0.167. The quantitative estimate of drug-likeness (QED) is 0.624. The average Bonchev–Trinajstić information content (AvgIpc) is 3.43. The molecule has 29 heavy (non-hydrogen) atoms. The number of hydrogen-bond acceptors (Lipinski definition) is 7. The van der Waals surface area contributed by atoms with Crippen LogP contribution < -0.4 is 0 Å². The first kappa shape index (κ1) is 20.4. The summed E-state index contributed by atoms with van der Waals surface area (Å²) < 4.78 is 0. The monoisotopic (exact) mass is 429 g/mol. The maximum Gasteiger partial charge on any atom is 0.337 e. The molecular weight excluding hydrogens is 414 g/mol. The van der Waals surface area contributed by atoms with Crippen molar-refractivity contribution in [3.8, 4) is 0 Å². The highest BCUT2D eigenvalue weighted by Crippen LogP contribution is 2.23. The minimum absolute atomic E-state index is 0.0247. The highest BCUT2D eigenvalue weighted by molar-refractivity contribution is 7.08. The highest BCUT2D eigenvalue weighted by atomic mass is 32.1. The largest absolute Gasteiger partial charge is 0.481 e. The first-order valence-electron chi connectivity index (χ1n) is 8.38. The van der Waals surface area contributed by atoms with Gasteiger partial charge in [-0.3, -0.25) is 14.4 Å². The molecule has 0 fully saturated rings. The maximum atomic E-state index is 12.0. The van der Waals surface area contributed by atoms with Crippen molar-refractivity contribution >= 4 is 46.4 Å². The van der Waals surface area contributed by atoms with Gasteiger partial charge in [-0.25, -0.2) is 4.79 Å². The average molecular weight is 429 g/mol. The van der Waals surface area contributed by atoms with Gasteiger partial charge in [0.05, 0.1) is 24.0 Å². The van der Waals surface area contributed by atoms with E-state index >= 15 is 0 Å². The van der Waals surface area contributed by atoms with E-state index in [9.17, 15) is 19.2 Å².